The Morgan fingerprint density at radius 2 is 2.24 bits per heavy atom. The van der Waals surface area contributed by atoms with E-state index >= 15 is 0 Å². The minimum absolute atomic E-state index is 0.0645. The van der Waals surface area contributed by atoms with Gasteiger partial charge in [0.2, 0.25) is 0 Å². The number of hydrogen-bond acceptors (Lipinski definition) is 5. The lowest BCUT2D eigenvalue weighted by atomic mass is 10.2. The fourth-order valence-corrected chi connectivity index (χ4v) is 2.51. The third-order valence-electron chi connectivity index (χ3n) is 3.76. The number of hydrogen-bond donors (Lipinski definition) is 2. The molecule has 0 fully saturated rings. The van der Waals surface area contributed by atoms with Crippen LogP contribution in [0.15, 0.2) is 50.5 Å². The van der Waals surface area contributed by atoms with E-state index in [1.165, 1.54) is 0 Å². The molecule has 3 aromatic rings. The summed E-state index contributed by atoms with van der Waals surface area (Å²) in [6.07, 6.45) is 1.54. The minimum Gasteiger partial charge on any atom is -0.490 e. The molecule has 1 atom stereocenters. The van der Waals surface area contributed by atoms with Crippen LogP contribution in [0.25, 0.3) is 11.0 Å². The van der Waals surface area contributed by atoms with Gasteiger partial charge in [-0.1, -0.05) is 17.3 Å². The fourth-order valence-electron chi connectivity index (χ4n) is 2.51. The van der Waals surface area contributed by atoms with Crippen molar-refractivity contribution in [3.63, 3.8) is 0 Å². The number of benzene rings is 1. The average molecular weight is 342 g/mol. The Hall–Kier alpha value is -2.96. The third kappa shape index (κ3) is 3.93. The van der Waals surface area contributed by atoms with Crippen LogP contribution >= 0.6 is 0 Å². The number of fused-ring (bicyclic) bond motifs is 1. The molecule has 2 N–H and O–H groups in total. The molecular weight excluding hydrogens is 320 g/mol. The summed E-state index contributed by atoms with van der Waals surface area (Å²) in [5, 5.41) is 11.4. The number of ether oxygens (including phenoxy) is 1. The largest absolute Gasteiger partial charge is 0.490 e. The highest BCUT2D eigenvalue weighted by Gasteiger charge is 2.15. The van der Waals surface area contributed by atoms with Crippen molar-refractivity contribution >= 4 is 16.9 Å². The van der Waals surface area contributed by atoms with Crippen LogP contribution in [0.1, 0.15) is 31.3 Å². The van der Waals surface area contributed by atoms with E-state index in [1.807, 2.05) is 38.1 Å². The van der Waals surface area contributed by atoms with E-state index in [0.717, 1.165) is 28.2 Å². The molecule has 0 radical (unpaired) electrons. The van der Waals surface area contributed by atoms with Gasteiger partial charge in [0.05, 0.1) is 19.2 Å². The van der Waals surface area contributed by atoms with Crippen molar-refractivity contribution < 1.29 is 13.7 Å². The maximum Gasteiger partial charge on any atom is 0.191 e. The van der Waals surface area contributed by atoms with Gasteiger partial charge in [-0.15, -0.1) is 0 Å². The Kier molecular flexibility index (Phi) is 5.23. The molecule has 2 aromatic heterocycles. The van der Waals surface area contributed by atoms with E-state index < -0.39 is 0 Å². The van der Waals surface area contributed by atoms with Gasteiger partial charge in [0.1, 0.15) is 17.7 Å². The first-order chi connectivity index (χ1) is 12.2. The van der Waals surface area contributed by atoms with Crippen molar-refractivity contribution in [3.05, 3.63) is 48.0 Å². The first-order valence-electron chi connectivity index (χ1n) is 8.23. The molecule has 25 heavy (non-hydrogen) atoms. The molecule has 0 saturated carbocycles. The van der Waals surface area contributed by atoms with E-state index in [0.29, 0.717) is 19.1 Å². The highest BCUT2D eigenvalue weighted by Crippen LogP contribution is 2.31. The van der Waals surface area contributed by atoms with Crippen molar-refractivity contribution in [2.75, 3.05) is 13.7 Å². The number of aliphatic imine (C=N–C) groups is 1. The lowest BCUT2D eigenvalue weighted by Crippen LogP contribution is -2.38. The number of aromatic nitrogens is 1. The Bertz CT molecular complexity index is 839. The summed E-state index contributed by atoms with van der Waals surface area (Å²) in [6.45, 7) is 5.09. The van der Waals surface area contributed by atoms with Gasteiger partial charge in [-0.05, 0) is 26.0 Å². The molecule has 0 aliphatic heterocycles. The zero-order chi connectivity index (χ0) is 17.6. The molecule has 0 spiro atoms. The lowest BCUT2D eigenvalue weighted by Gasteiger charge is -2.15. The van der Waals surface area contributed by atoms with Crippen molar-refractivity contribution in [2.45, 2.75) is 26.4 Å². The second kappa shape index (κ2) is 7.74. The first kappa shape index (κ1) is 16.9. The lowest BCUT2D eigenvalue weighted by molar-refractivity contribution is 0.336. The van der Waals surface area contributed by atoms with Gasteiger partial charge in [-0.25, -0.2) is 0 Å². The molecule has 132 valence electrons. The molecule has 7 nitrogen and oxygen atoms in total. The Labute approximate surface area is 146 Å². The van der Waals surface area contributed by atoms with Crippen molar-refractivity contribution in [1.82, 2.24) is 15.8 Å². The second-order valence-corrected chi connectivity index (χ2v) is 5.54. The predicted molar refractivity (Wildman–Crippen MR) is 95.6 cm³/mol. The van der Waals surface area contributed by atoms with Crippen LogP contribution in [0, 0.1) is 0 Å². The van der Waals surface area contributed by atoms with Gasteiger partial charge in [0.15, 0.2) is 17.3 Å². The summed E-state index contributed by atoms with van der Waals surface area (Å²) in [6, 6.07) is 9.64. The third-order valence-corrected chi connectivity index (χ3v) is 3.76. The molecule has 0 saturated heterocycles. The van der Waals surface area contributed by atoms with Crippen molar-refractivity contribution in [2.24, 2.45) is 4.99 Å². The van der Waals surface area contributed by atoms with E-state index in [4.69, 9.17) is 13.7 Å². The smallest absolute Gasteiger partial charge is 0.191 e. The van der Waals surface area contributed by atoms with Crippen LogP contribution < -0.4 is 15.4 Å². The van der Waals surface area contributed by atoms with Crippen LogP contribution in [0.5, 0.6) is 5.75 Å². The predicted octanol–water partition coefficient (Wildman–Crippen LogP) is 3.25. The molecule has 2 heterocycles. The topological polar surface area (TPSA) is 84.8 Å². The Morgan fingerprint density at radius 1 is 1.36 bits per heavy atom. The summed E-state index contributed by atoms with van der Waals surface area (Å²) in [7, 11) is 1.72. The second-order valence-electron chi connectivity index (χ2n) is 5.54. The molecular formula is C18H22N4O3. The van der Waals surface area contributed by atoms with E-state index in [2.05, 4.69) is 20.8 Å². The normalized spacial score (nSPS) is 13.0. The quantitative estimate of drug-likeness (QED) is 0.528. The minimum atomic E-state index is -0.0645. The molecule has 1 aromatic carbocycles. The van der Waals surface area contributed by atoms with Gasteiger partial charge >= 0.3 is 0 Å². The number of guanidine groups is 1. The maximum absolute atomic E-state index is 6.01. The van der Waals surface area contributed by atoms with Crippen LogP contribution in [-0.4, -0.2) is 24.8 Å². The van der Waals surface area contributed by atoms with Crippen LogP contribution in [-0.2, 0) is 6.54 Å². The number of nitrogens with zero attached hydrogens (tertiary/aromatic N) is 2. The number of rotatable bonds is 6. The molecule has 1 unspecified atom stereocenters. The monoisotopic (exact) mass is 342 g/mol. The molecule has 7 heteroatoms. The van der Waals surface area contributed by atoms with Crippen LogP contribution in [0.2, 0.25) is 0 Å². The Balaban J connectivity index is 1.70. The zero-order valence-electron chi connectivity index (χ0n) is 14.6. The number of furan rings is 1. The van der Waals surface area contributed by atoms with Gasteiger partial charge < -0.3 is 24.3 Å². The molecule has 0 aliphatic rings. The highest BCUT2D eigenvalue weighted by molar-refractivity contribution is 5.84. The SMILES string of the molecule is CCOc1cccc2cc(C(C)NC(=NC)NCc3ccon3)oc12. The standard InChI is InChI=1S/C18H22N4O3/c1-4-23-15-7-5-6-13-10-16(25-17(13)15)12(2)21-18(19-3)20-11-14-8-9-24-22-14/h5-10,12H,4,11H2,1-3H3,(H2,19,20,21). The Morgan fingerprint density at radius 3 is 2.96 bits per heavy atom. The molecule has 0 bridgehead atoms. The number of para-hydroxylation sites is 1. The van der Waals surface area contributed by atoms with Gasteiger partial charge in [0.25, 0.3) is 0 Å². The van der Waals surface area contributed by atoms with Gasteiger partial charge in [0, 0.05) is 18.5 Å². The van der Waals surface area contributed by atoms with E-state index in [-0.39, 0.29) is 6.04 Å². The summed E-state index contributed by atoms with van der Waals surface area (Å²) in [4.78, 5) is 4.22. The molecule has 3 rings (SSSR count). The van der Waals surface area contributed by atoms with Crippen molar-refractivity contribution in [3.8, 4) is 5.75 Å². The highest BCUT2D eigenvalue weighted by atomic mass is 16.5. The molecule has 0 aliphatic carbocycles. The van der Waals surface area contributed by atoms with E-state index in [1.54, 1.807) is 19.4 Å². The number of nitrogens with one attached hydrogen (secondary N) is 2. The average Bonchev–Trinajstić information content (AvgIpc) is 3.28. The summed E-state index contributed by atoms with van der Waals surface area (Å²) in [5.41, 5.74) is 1.57. The van der Waals surface area contributed by atoms with Crippen molar-refractivity contribution in [1.29, 1.82) is 0 Å². The van der Waals surface area contributed by atoms with Gasteiger partial charge in [-0.2, -0.15) is 0 Å². The summed E-state index contributed by atoms with van der Waals surface area (Å²) >= 11 is 0. The fraction of sp³-hybridized carbons (Fsp3) is 0.333. The maximum atomic E-state index is 6.01. The summed E-state index contributed by atoms with van der Waals surface area (Å²) < 4.78 is 16.5. The summed E-state index contributed by atoms with van der Waals surface area (Å²) in [5.74, 6) is 2.22. The first-order valence-corrected chi connectivity index (χ1v) is 8.23. The van der Waals surface area contributed by atoms with Crippen LogP contribution in [0.3, 0.4) is 0 Å². The van der Waals surface area contributed by atoms with Gasteiger partial charge in [-0.3, -0.25) is 4.99 Å². The van der Waals surface area contributed by atoms with E-state index in [9.17, 15) is 0 Å². The molecule has 0 amide bonds. The zero-order valence-corrected chi connectivity index (χ0v) is 14.6. The van der Waals surface area contributed by atoms with Crippen LogP contribution in [0.4, 0.5) is 0 Å².